The molecule has 0 saturated carbocycles. The van der Waals surface area contributed by atoms with Crippen molar-refractivity contribution in [1.82, 2.24) is 15.0 Å². The Morgan fingerprint density at radius 1 is 1.25 bits per heavy atom. The van der Waals surface area contributed by atoms with Gasteiger partial charge in [0.05, 0.1) is 11.2 Å². The number of aromatic amines is 1. The summed E-state index contributed by atoms with van der Waals surface area (Å²) in [5.74, 6) is -0.530. The van der Waals surface area contributed by atoms with Gasteiger partial charge in [0.1, 0.15) is 23.3 Å². The van der Waals surface area contributed by atoms with Crippen LogP contribution in [0.25, 0.3) is 22.2 Å². The molecule has 0 aliphatic carbocycles. The van der Waals surface area contributed by atoms with Crippen LogP contribution in [-0.2, 0) is 0 Å². The summed E-state index contributed by atoms with van der Waals surface area (Å²) in [5.41, 5.74) is 12.3. The number of hydrogen-bond acceptors (Lipinski definition) is 5. The zero-order valence-corrected chi connectivity index (χ0v) is 10.2. The molecule has 0 bridgehead atoms. The van der Waals surface area contributed by atoms with Gasteiger partial charge in [-0.05, 0) is 18.2 Å². The zero-order chi connectivity index (χ0) is 14.3. The third-order valence-electron chi connectivity index (χ3n) is 2.95. The topological polar surface area (TPSA) is 117 Å². The quantitative estimate of drug-likeness (QED) is 0.622. The SMILES string of the molecule is N#Cc1c(N)nc(N)nc1-c1cc(F)c2[nH]ccc2c1. The number of halogens is 1. The molecule has 0 amide bonds. The summed E-state index contributed by atoms with van der Waals surface area (Å²) in [4.78, 5) is 10.5. The molecule has 1 aromatic carbocycles. The number of fused-ring (bicyclic) bond motifs is 1. The van der Waals surface area contributed by atoms with Gasteiger partial charge >= 0.3 is 0 Å². The number of hydrogen-bond donors (Lipinski definition) is 3. The summed E-state index contributed by atoms with van der Waals surface area (Å²) in [6.45, 7) is 0. The number of aromatic nitrogens is 3. The molecule has 3 aromatic rings. The number of nitrogens with one attached hydrogen (secondary N) is 1. The van der Waals surface area contributed by atoms with Crippen molar-refractivity contribution in [3.05, 3.63) is 35.8 Å². The fourth-order valence-electron chi connectivity index (χ4n) is 2.08. The van der Waals surface area contributed by atoms with E-state index in [1.54, 1.807) is 18.3 Å². The highest BCUT2D eigenvalue weighted by Crippen LogP contribution is 2.29. The van der Waals surface area contributed by atoms with Crippen molar-refractivity contribution in [2.24, 2.45) is 0 Å². The van der Waals surface area contributed by atoms with E-state index in [-0.39, 0.29) is 23.0 Å². The van der Waals surface area contributed by atoms with Gasteiger partial charge < -0.3 is 16.5 Å². The first-order valence-electron chi connectivity index (χ1n) is 5.70. The number of nitriles is 1. The Hall–Kier alpha value is -3.14. The fraction of sp³-hybridized carbons (Fsp3) is 0. The van der Waals surface area contributed by atoms with Crippen LogP contribution < -0.4 is 11.5 Å². The van der Waals surface area contributed by atoms with Crippen molar-refractivity contribution in [3.8, 4) is 17.3 Å². The molecule has 0 spiro atoms. The molecule has 3 rings (SSSR count). The van der Waals surface area contributed by atoms with E-state index in [0.717, 1.165) is 0 Å². The minimum absolute atomic E-state index is 0.0235. The van der Waals surface area contributed by atoms with Gasteiger partial charge in [-0.3, -0.25) is 0 Å². The molecule has 6 nitrogen and oxygen atoms in total. The molecule has 20 heavy (non-hydrogen) atoms. The highest BCUT2D eigenvalue weighted by Gasteiger charge is 2.15. The summed E-state index contributed by atoms with van der Waals surface area (Å²) >= 11 is 0. The molecular formula is C13H9FN6. The number of rotatable bonds is 1. The van der Waals surface area contributed by atoms with E-state index in [1.165, 1.54) is 6.07 Å². The van der Waals surface area contributed by atoms with E-state index in [0.29, 0.717) is 16.5 Å². The summed E-state index contributed by atoms with van der Waals surface area (Å²) in [6.07, 6.45) is 1.63. The average Bonchev–Trinajstić information content (AvgIpc) is 2.86. The van der Waals surface area contributed by atoms with Crippen molar-refractivity contribution >= 4 is 22.7 Å². The van der Waals surface area contributed by atoms with Crippen molar-refractivity contribution in [2.75, 3.05) is 11.5 Å². The predicted octanol–water partition coefficient (Wildman–Crippen LogP) is 1.80. The molecule has 0 atom stereocenters. The van der Waals surface area contributed by atoms with E-state index in [9.17, 15) is 4.39 Å². The summed E-state index contributed by atoms with van der Waals surface area (Å²) in [6, 6.07) is 6.62. The second-order valence-corrected chi connectivity index (χ2v) is 4.20. The van der Waals surface area contributed by atoms with E-state index in [2.05, 4.69) is 15.0 Å². The lowest BCUT2D eigenvalue weighted by Gasteiger charge is -2.07. The monoisotopic (exact) mass is 268 g/mol. The third-order valence-corrected chi connectivity index (χ3v) is 2.95. The minimum Gasteiger partial charge on any atom is -0.382 e. The lowest BCUT2D eigenvalue weighted by atomic mass is 10.0. The van der Waals surface area contributed by atoms with Crippen molar-refractivity contribution < 1.29 is 4.39 Å². The molecule has 0 unspecified atom stereocenters. The molecule has 98 valence electrons. The first-order chi connectivity index (χ1) is 9.60. The number of benzene rings is 1. The van der Waals surface area contributed by atoms with Crippen LogP contribution in [-0.4, -0.2) is 15.0 Å². The number of nitrogen functional groups attached to an aromatic ring is 2. The second kappa shape index (κ2) is 4.20. The summed E-state index contributed by atoms with van der Waals surface area (Å²) in [5, 5.41) is 9.81. The van der Waals surface area contributed by atoms with Gasteiger partial charge in [0.2, 0.25) is 5.95 Å². The Morgan fingerprint density at radius 2 is 2.05 bits per heavy atom. The normalized spacial score (nSPS) is 10.6. The first-order valence-corrected chi connectivity index (χ1v) is 5.70. The molecule has 5 N–H and O–H groups in total. The van der Waals surface area contributed by atoms with Crippen LogP contribution >= 0.6 is 0 Å². The number of nitrogens with zero attached hydrogens (tertiary/aromatic N) is 3. The molecule has 0 fully saturated rings. The molecule has 2 aromatic heterocycles. The van der Waals surface area contributed by atoms with Crippen LogP contribution in [0.15, 0.2) is 24.4 Å². The van der Waals surface area contributed by atoms with Gasteiger partial charge in [-0.25, -0.2) is 9.37 Å². The van der Waals surface area contributed by atoms with E-state index < -0.39 is 5.82 Å². The van der Waals surface area contributed by atoms with Gasteiger partial charge in [-0.2, -0.15) is 10.2 Å². The van der Waals surface area contributed by atoms with Crippen LogP contribution in [0.2, 0.25) is 0 Å². The molecule has 0 aliphatic rings. The lowest BCUT2D eigenvalue weighted by Crippen LogP contribution is -2.05. The van der Waals surface area contributed by atoms with Gasteiger partial charge in [-0.15, -0.1) is 0 Å². The fourth-order valence-corrected chi connectivity index (χ4v) is 2.08. The molecular weight excluding hydrogens is 259 g/mol. The smallest absolute Gasteiger partial charge is 0.222 e. The summed E-state index contributed by atoms with van der Waals surface area (Å²) in [7, 11) is 0. The molecule has 0 saturated heterocycles. The van der Waals surface area contributed by atoms with Crippen molar-refractivity contribution in [3.63, 3.8) is 0 Å². The van der Waals surface area contributed by atoms with Crippen LogP contribution in [0.4, 0.5) is 16.2 Å². The number of nitrogens with two attached hydrogens (primary N) is 2. The molecule has 0 aliphatic heterocycles. The maximum absolute atomic E-state index is 14.0. The number of H-pyrrole nitrogens is 1. The Labute approximate surface area is 112 Å². The van der Waals surface area contributed by atoms with Crippen LogP contribution in [0, 0.1) is 17.1 Å². The van der Waals surface area contributed by atoms with E-state index >= 15 is 0 Å². The van der Waals surface area contributed by atoms with E-state index in [4.69, 9.17) is 16.7 Å². The highest BCUT2D eigenvalue weighted by molar-refractivity contribution is 5.86. The maximum atomic E-state index is 14.0. The Morgan fingerprint density at radius 3 is 2.80 bits per heavy atom. The van der Waals surface area contributed by atoms with Crippen molar-refractivity contribution in [1.29, 1.82) is 5.26 Å². The Kier molecular flexibility index (Phi) is 2.51. The van der Waals surface area contributed by atoms with Crippen LogP contribution in [0.3, 0.4) is 0 Å². The third kappa shape index (κ3) is 1.71. The molecule has 0 radical (unpaired) electrons. The van der Waals surface area contributed by atoms with Gasteiger partial charge in [0.15, 0.2) is 0 Å². The molecule has 7 heteroatoms. The van der Waals surface area contributed by atoms with Crippen LogP contribution in [0.1, 0.15) is 5.56 Å². The summed E-state index contributed by atoms with van der Waals surface area (Å²) < 4.78 is 14.0. The lowest BCUT2D eigenvalue weighted by molar-refractivity contribution is 0.637. The van der Waals surface area contributed by atoms with Gasteiger partial charge in [0, 0.05) is 17.1 Å². The molecule has 2 heterocycles. The van der Waals surface area contributed by atoms with Gasteiger partial charge in [-0.1, -0.05) is 0 Å². The highest BCUT2D eigenvalue weighted by atomic mass is 19.1. The van der Waals surface area contributed by atoms with Crippen molar-refractivity contribution in [2.45, 2.75) is 0 Å². The Bertz CT molecular complexity index is 861. The Balaban J connectivity index is 2.33. The minimum atomic E-state index is -0.442. The number of anilines is 2. The standard InChI is InChI=1S/C13H9FN6/c14-9-4-7(3-6-1-2-18-11(6)9)10-8(5-15)12(16)20-13(17)19-10/h1-4,18H,(H4,16,17,19,20). The zero-order valence-electron chi connectivity index (χ0n) is 10.2. The maximum Gasteiger partial charge on any atom is 0.222 e. The largest absolute Gasteiger partial charge is 0.382 e. The predicted molar refractivity (Wildman–Crippen MR) is 72.8 cm³/mol. The van der Waals surface area contributed by atoms with Crippen LogP contribution in [0.5, 0.6) is 0 Å². The van der Waals surface area contributed by atoms with E-state index in [1.807, 2.05) is 6.07 Å². The average molecular weight is 268 g/mol. The van der Waals surface area contributed by atoms with Gasteiger partial charge in [0.25, 0.3) is 0 Å². The first kappa shape index (κ1) is 11.9. The second-order valence-electron chi connectivity index (χ2n) is 4.20.